The van der Waals surface area contributed by atoms with Gasteiger partial charge in [-0.05, 0) is 12.5 Å². The summed E-state index contributed by atoms with van der Waals surface area (Å²) in [6, 6.07) is 10.1. The van der Waals surface area contributed by atoms with E-state index < -0.39 is 0 Å². The van der Waals surface area contributed by atoms with Crippen LogP contribution in [0.25, 0.3) is 0 Å². The predicted molar refractivity (Wildman–Crippen MR) is 58.3 cm³/mol. The van der Waals surface area contributed by atoms with Crippen LogP contribution in [0.5, 0.6) is 0 Å². The number of methoxy groups -OCH3 is 1. The zero-order chi connectivity index (χ0) is 10.9. The van der Waals surface area contributed by atoms with Crippen molar-refractivity contribution >= 4 is 0 Å². The Bertz CT molecular complexity index is 345. The number of H-pyrrole nitrogens is 1. The first kappa shape index (κ1) is 11.4. The van der Waals surface area contributed by atoms with E-state index >= 15 is 0 Å². The van der Waals surface area contributed by atoms with Crippen molar-refractivity contribution in [1.82, 2.24) is 15.4 Å². The van der Waals surface area contributed by atoms with Crippen LogP contribution in [-0.4, -0.2) is 22.5 Å². The Morgan fingerprint density at radius 3 is 2.40 bits per heavy atom. The van der Waals surface area contributed by atoms with E-state index in [0.717, 1.165) is 5.69 Å². The quantitative estimate of drug-likeness (QED) is 0.815. The topological polar surface area (TPSA) is 50.8 Å². The van der Waals surface area contributed by atoms with Crippen LogP contribution >= 0.6 is 0 Å². The number of ether oxygens (including phenoxy) is 1. The van der Waals surface area contributed by atoms with Crippen LogP contribution in [0.15, 0.2) is 36.5 Å². The van der Waals surface area contributed by atoms with Crippen LogP contribution < -0.4 is 0 Å². The van der Waals surface area contributed by atoms with E-state index in [9.17, 15) is 0 Å². The highest BCUT2D eigenvalue weighted by Crippen LogP contribution is 1.98. The lowest BCUT2D eigenvalue weighted by Gasteiger charge is -1.95. The van der Waals surface area contributed by atoms with E-state index in [1.165, 1.54) is 5.56 Å². The molecule has 0 atom stereocenters. The lowest BCUT2D eigenvalue weighted by Crippen LogP contribution is -1.84. The molecule has 15 heavy (non-hydrogen) atoms. The molecule has 0 radical (unpaired) electrons. The maximum Gasteiger partial charge on any atom is 0.0793 e. The molecule has 0 spiro atoms. The summed E-state index contributed by atoms with van der Waals surface area (Å²) in [5, 5.41) is 9.70. The highest BCUT2D eigenvalue weighted by molar-refractivity contribution is 5.13. The molecule has 2 rings (SSSR count). The van der Waals surface area contributed by atoms with Gasteiger partial charge in [-0.3, -0.25) is 0 Å². The van der Waals surface area contributed by atoms with Crippen LogP contribution in [0.1, 0.15) is 11.3 Å². The summed E-state index contributed by atoms with van der Waals surface area (Å²) in [5.74, 6) is 0. The Kier molecular flexibility index (Phi) is 5.11. The monoisotopic (exact) mass is 205 g/mol. The molecule has 4 nitrogen and oxygen atoms in total. The third-order valence-electron chi connectivity index (χ3n) is 1.69. The van der Waals surface area contributed by atoms with Crippen LogP contribution in [-0.2, 0) is 11.3 Å². The third kappa shape index (κ3) is 4.93. The molecular weight excluding hydrogens is 190 g/mol. The van der Waals surface area contributed by atoms with Crippen LogP contribution in [0, 0.1) is 6.92 Å². The van der Waals surface area contributed by atoms with E-state index in [4.69, 9.17) is 4.74 Å². The first-order valence-electron chi connectivity index (χ1n) is 4.68. The van der Waals surface area contributed by atoms with Gasteiger partial charge in [0.2, 0.25) is 0 Å². The number of aromatic amines is 1. The second-order valence-electron chi connectivity index (χ2n) is 3.03. The average molecular weight is 205 g/mol. The van der Waals surface area contributed by atoms with Crippen molar-refractivity contribution in [1.29, 1.82) is 0 Å². The maximum atomic E-state index is 4.93. The fourth-order valence-corrected chi connectivity index (χ4v) is 1.000. The summed E-state index contributed by atoms with van der Waals surface area (Å²) < 4.78 is 4.93. The van der Waals surface area contributed by atoms with E-state index in [0.29, 0.717) is 6.61 Å². The van der Waals surface area contributed by atoms with Crippen molar-refractivity contribution in [2.24, 2.45) is 0 Å². The summed E-state index contributed by atoms with van der Waals surface area (Å²) >= 11 is 0. The summed E-state index contributed by atoms with van der Waals surface area (Å²) in [6.07, 6.45) is 1.67. The molecule has 0 aliphatic carbocycles. The van der Waals surface area contributed by atoms with E-state index in [1.807, 2.05) is 37.3 Å². The summed E-state index contributed by atoms with van der Waals surface area (Å²) in [7, 11) is 1.70. The molecule has 0 saturated heterocycles. The van der Waals surface area contributed by atoms with Crippen molar-refractivity contribution in [2.75, 3.05) is 7.11 Å². The standard InChI is InChI=1S/C8H10O.C3H5N3/c1-9-7-8-5-3-2-4-6-8;1-3-2-4-6-5-3/h2-6H,7H2,1H3;2H,1H3,(H,4,5,6). The van der Waals surface area contributed by atoms with Crippen molar-refractivity contribution in [3.63, 3.8) is 0 Å². The second-order valence-corrected chi connectivity index (χ2v) is 3.03. The SMILES string of the molecule is COCc1ccccc1.Cc1cn[nH]n1. The van der Waals surface area contributed by atoms with Gasteiger partial charge in [0.1, 0.15) is 0 Å². The molecule has 0 saturated carbocycles. The first-order chi connectivity index (χ1) is 7.33. The fourth-order valence-electron chi connectivity index (χ4n) is 1.000. The smallest absolute Gasteiger partial charge is 0.0793 e. The highest BCUT2D eigenvalue weighted by atomic mass is 16.5. The van der Waals surface area contributed by atoms with Gasteiger partial charge in [0.25, 0.3) is 0 Å². The van der Waals surface area contributed by atoms with Gasteiger partial charge >= 0.3 is 0 Å². The van der Waals surface area contributed by atoms with Gasteiger partial charge in [-0.25, -0.2) is 0 Å². The molecule has 1 N–H and O–H groups in total. The van der Waals surface area contributed by atoms with Gasteiger partial charge in [0.15, 0.2) is 0 Å². The highest BCUT2D eigenvalue weighted by Gasteiger charge is 1.84. The van der Waals surface area contributed by atoms with Gasteiger partial charge in [-0.1, -0.05) is 30.3 Å². The predicted octanol–water partition coefficient (Wildman–Crippen LogP) is 1.95. The van der Waals surface area contributed by atoms with Gasteiger partial charge in [-0.2, -0.15) is 15.4 Å². The first-order valence-corrected chi connectivity index (χ1v) is 4.68. The number of aromatic nitrogens is 3. The Morgan fingerprint density at radius 1 is 1.27 bits per heavy atom. The summed E-state index contributed by atoms with van der Waals surface area (Å²) in [5.41, 5.74) is 2.15. The number of hydrogen-bond acceptors (Lipinski definition) is 3. The molecule has 1 aromatic heterocycles. The van der Waals surface area contributed by atoms with E-state index in [1.54, 1.807) is 13.3 Å². The third-order valence-corrected chi connectivity index (χ3v) is 1.69. The average Bonchev–Trinajstić information content (AvgIpc) is 2.72. The molecule has 0 aliphatic rings. The molecule has 0 fully saturated rings. The molecule has 0 amide bonds. The van der Waals surface area contributed by atoms with Crippen LogP contribution in [0.3, 0.4) is 0 Å². The van der Waals surface area contributed by atoms with Crippen LogP contribution in [0.4, 0.5) is 0 Å². The van der Waals surface area contributed by atoms with Crippen molar-refractivity contribution < 1.29 is 4.74 Å². The summed E-state index contributed by atoms with van der Waals surface area (Å²) in [4.78, 5) is 0. The van der Waals surface area contributed by atoms with Gasteiger partial charge in [0.05, 0.1) is 18.5 Å². The Labute approximate surface area is 89.3 Å². The molecule has 0 aliphatic heterocycles. The molecule has 0 bridgehead atoms. The van der Waals surface area contributed by atoms with Crippen LogP contribution in [0.2, 0.25) is 0 Å². The minimum atomic E-state index is 0.709. The van der Waals surface area contributed by atoms with Gasteiger partial charge in [-0.15, -0.1) is 0 Å². The number of nitrogens with zero attached hydrogens (tertiary/aromatic N) is 2. The molecular formula is C11H15N3O. The Balaban J connectivity index is 0.000000162. The molecule has 1 heterocycles. The molecule has 2 aromatic rings. The zero-order valence-corrected chi connectivity index (χ0v) is 8.97. The fraction of sp³-hybridized carbons (Fsp3) is 0.273. The lowest BCUT2D eigenvalue weighted by atomic mass is 10.2. The molecule has 1 aromatic carbocycles. The number of nitrogens with one attached hydrogen (secondary N) is 1. The lowest BCUT2D eigenvalue weighted by molar-refractivity contribution is 0.185. The van der Waals surface area contributed by atoms with Gasteiger partial charge < -0.3 is 4.74 Å². The minimum absolute atomic E-state index is 0.709. The second kappa shape index (κ2) is 6.73. The molecule has 80 valence electrons. The number of aryl methyl sites for hydroxylation is 1. The van der Waals surface area contributed by atoms with Crippen molar-refractivity contribution in [3.8, 4) is 0 Å². The number of rotatable bonds is 2. The summed E-state index contributed by atoms with van der Waals surface area (Å²) in [6.45, 7) is 2.59. The van der Waals surface area contributed by atoms with E-state index in [-0.39, 0.29) is 0 Å². The largest absolute Gasteiger partial charge is 0.380 e. The van der Waals surface area contributed by atoms with Crippen molar-refractivity contribution in [3.05, 3.63) is 47.8 Å². The number of benzene rings is 1. The maximum absolute atomic E-state index is 4.93. The number of hydrogen-bond donors (Lipinski definition) is 1. The minimum Gasteiger partial charge on any atom is -0.380 e. The Hall–Kier alpha value is -1.68. The van der Waals surface area contributed by atoms with Gasteiger partial charge in [0, 0.05) is 7.11 Å². The molecule has 4 heteroatoms. The zero-order valence-electron chi connectivity index (χ0n) is 8.97. The van der Waals surface area contributed by atoms with Crippen molar-refractivity contribution in [2.45, 2.75) is 13.5 Å². The molecule has 0 unspecified atom stereocenters. The normalized spacial score (nSPS) is 9.20. The van der Waals surface area contributed by atoms with E-state index in [2.05, 4.69) is 15.4 Å². The Morgan fingerprint density at radius 2 is 2.00 bits per heavy atom.